The number of halogens is 2. The van der Waals surface area contributed by atoms with Crippen molar-refractivity contribution < 1.29 is 14.6 Å². The van der Waals surface area contributed by atoms with Crippen molar-refractivity contribution in [3.05, 3.63) is 68.6 Å². The van der Waals surface area contributed by atoms with Gasteiger partial charge in [0.15, 0.2) is 0 Å². The van der Waals surface area contributed by atoms with E-state index >= 15 is 0 Å². The molecule has 1 N–H and O–H groups in total. The Hall–Kier alpha value is -1.21. The molecule has 0 aromatic heterocycles. The highest BCUT2D eigenvalue weighted by atomic mass is 79.9. The van der Waals surface area contributed by atoms with Crippen LogP contribution in [-0.4, -0.2) is 42.2 Å². The Morgan fingerprint density at radius 2 is 1.38 bits per heavy atom. The molecule has 0 radical (unpaired) electrons. The van der Waals surface area contributed by atoms with E-state index in [0.717, 1.165) is 22.0 Å². The average Bonchev–Trinajstić information content (AvgIpc) is 2.65. The van der Waals surface area contributed by atoms with E-state index in [0.29, 0.717) is 17.7 Å². The molecule has 0 atom stereocenters. The van der Waals surface area contributed by atoms with Gasteiger partial charge in [-0.15, -0.1) is 0 Å². The third-order valence-corrected chi connectivity index (χ3v) is 5.41. The molecule has 2 aromatic carbocycles. The summed E-state index contributed by atoms with van der Waals surface area (Å²) >= 11 is 6.76. The maximum absolute atomic E-state index is 12.9. The number of aliphatic hydroxyl groups is 1. The van der Waals surface area contributed by atoms with Gasteiger partial charge >= 0.3 is 5.97 Å². The summed E-state index contributed by atoms with van der Waals surface area (Å²) in [4.78, 5) is 15.0. The van der Waals surface area contributed by atoms with Gasteiger partial charge in [0.25, 0.3) is 0 Å². The number of rotatable bonds is 8. The van der Waals surface area contributed by atoms with E-state index < -0.39 is 11.6 Å². The molecule has 0 heterocycles. The van der Waals surface area contributed by atoms with E-state index in [1.54, 1.807) is 48.5 Å². The molecule has 0 spiro atoms. The number of likely N-dealkylation sites (N-methyl/N-ethyl adjacent to an activating group) is 1. The number of ether oxygens (including phenoxy) is 1. The van der Waals surface area contributed by atoms with Crippen LogP contribution >= 0.6 is 31.9 Å². The van der Waals surface area contributed by atoms with Crippen LogP contribution in [0.15, 0.2) is 57.5 Å². The molecule has 6 heteroatoms. The zero-order chi connectivity index (χ0) is 19.2. The Bertz CT molecular complexity index is 667. The third-order valence-electron chi connectivity index (χ3n) is 4.35. The summed E-state index contributed by atoms with van der Waals surface area (Å²) in [6.45, 7) is 6.76. The second-order valence-corrected chi connectivity index (χ2v) is 7.72. The van der Waals surface area contributed by atoms with Gasteiger partial charge in [0.1, 0.15) is 6.61 Å². The Kier molecular flexibility index (Phi) is 7.83. The monoisotopic (exact) mass is 483 g/mol. The van der Waals surface area contributed by atoms with Gasteiger partial charge in [0.05, 0.1) is 0 Å². The average molecular weight is 485 g/mol. The zero-order valence-electron chi connectivity index (χ0n) is 14.9. The maximum atomic E-state index is 12.9. The quantitative estimate of drug-likeness (QED) is 0.566. The van der Waals surface area contributed by atoms with E-state index in [4.69, 9.17) is 4.74 Å². The SMILES string of the molecule is CCN(CC)CCOC(=O)C(O)(c1ccc(Br)cc1)c1ccc(Br)cc1. The molecule has 26 heavy (non-hydrogen) atoms. The van der Waals surface area contributed by atoms with Crippen molar-refractivity contribution >= 4 is 37.8 Å². The first-order valence-electron chi connectivity index (χ1n) is 8.55. The van der Waals surface area contributed by atoms with Gasteiger partial charge in [-0.25, -0.2) is 4.79 Å². The van der Waals surface area contributed by atoms with Crippen LogP contribution in [0.5, 0.6) is 0 Å². The van der Waals surface area contributed by atoms with Gasteiger partial charge in [-0.2, -0.15) is 0 Å². The van der Waals surface area contributed by atoms with Crippen LogP contribution in [0, 0.1) is 0 Å². The predicted octanol–water partition coefficient (Wildman–Crippen LogP) is 4.33. The normalized spacial score (nSPS) is 11.6. The lowest BCUT2D eigenvalue weighted by Crippen LogP contribution is -2.40. The molecule has 0 aliphatic rings. The van der Waals surface area contributed by atoms with E-state index in [9.17, 15) is 9.90 Å². The minimum Gasteiger partial charge on any atom is -0.462 e. The van der Waals surface area contributed by atoms with Crippen LogP contribution in [0.25, 0.3) is 0 Å². The molecule has 0 bridgehead atoms. The van der Waals surface area contributed by atoms with Crippen LogP contribution in [-0.2, 0) is 15.1 Å². The number of nitrogens with zero attached hydrogens (tertiary/aromatic N) is 1. The molecule has 0 aliphatic carbocycles. The lowest BCUT2D eigenvalue weighted by atomic mass is 9.86. The first-order valence-corrected chi connectivity index (χ1v) is 10.1. The largest absolute Gasteiger partial charge is 0.462 e. The Balaban J connectivity index is 2.29. The summed E-state index contributed by atoms with van der Waals surface area (Å²) in [6, 6.07) is 14.1. The minimum absolute atomic E-state index is 0.232. The van der Waals surface area contributed by atoms with Crippen molar-refractivity contribution in [2.24, 2.45) is 0 Å². The Morgan fingerprint density at radius 3 is 1.77 bits per heavy atom. The molecule has 140 valence electrons. The number of hydrogen-bond donors (Lipinski definition) is 1. The number of esters is 1. The summed E-state index contributed by atoms with van der Waals surface area (Å²) in [7, 11) is 0. The number of hydrogen-bond acceptors (Lipinski definition) is 4. The van der Waals surface area contributed by atoms with Gasteiger partial charge in [-0.3, -0.25) is 0 Å². The summed E-state index contributed by atoms with van der Waals surface area (Å²) in [5, 5.41) is 11.4. The Labute approximate surface area is 171 Å². The summed E-state index contributed by atoms with van der Waals surface area (Å²) in [5.41, 5.74) is -0.920. The minimum atomic E-state index is -1.86. The molecule has 0 unspecified atom stereocenters. The molecule has 0 saturated carbocycles. The fraction of sp³-hybridized carbons (Fsp3) is 0.350. The van der Waals surface area contributed by atoms with Crippen LogP contribution in [0.3, 0.4) is 0 Å². The van der Waals surface area contributed by atoms with E-state index in [1.165, 1.54) is 0 Å². The lowest BCUT2D eigenvalue weighted by molar-refractivity contribution is -0.162. The van der Waals surface area contributed by atoms with Crippen LogP contribution in [0.1, 0.15) is 25.0 Å². The standard InChI is InChI=1S/C20H23Br2NO3/c1-3-23(4-2)13-14-26-19(24)20(25,15-5-9-17(21)10-6-15)16-7-11-18(22)12-8-16/h5-12,25H,3-4,13-14H2,1-2H3. The Morgan fingerprint density at radius 1 is 0.962 bits per heavy atom. The number of benzene rings is 2. The molecular formula is C20H23Br2NO3. The van der Waals surface area contributed by atoms with E-state index in [1.807, 2.05) is 0 Å². The molecule has 0 aliphatic heterocycles. The van der Waals surface area contributed by atoms with Crippen LogP contribution in [0.4, 0.5) is 0 Å². The van der Waals surface area contributed by atoms with Gasteiger partial charge in [-0.05, 0) is 48.5 Å². The zero-order valence-corrected chi connectivity index (χ0v) is 18.1. The highest BCUT2D eigenvalue weighted by Gasteiger charge is 2.41. The van der Waals surface area contributed by atoms with Crippen molar-refractivity contribution in [1.82, 2.24) is 4.90 Å². The summed E-state index contributed by atoms with van der Waals surface area (Å²) < 4.78 is 7.20. The van der Waals surface area contributed by atoms with Crippen molar-refractivity contribution in [2.75, 3.05) is 26.2 Å². The van der Waals surface area contributed by atoms with Crippen molar-refractivity contribution in [3.8, 4) is 0 Å². The smallest absolute Gasteiger partial charge is 0.347 e. The fourth-order valence-electron chi connectivity index (χ4n) is 2.70. The number of carbonyl (C=O) groups excluding carboxylic acids is 1. The van der Waals surface area contributed by atoms with Gasteiger partial charge < -0.3 is 14.7 Å². The van der Waals surface area contributed by atoms with E-state index in [2.05, 4.69) is 50.6 Å². The third kappa shape index (κ3) is 4.94. The second kappa shape index (κ2) is 9.65. The molecule has 0 saturated heterocycles. The molecule has 4 nitrogen and oxygen atoms in total. The van der Waals surface area contributed by atoms with E-state index in [-0.39, 0.29) is 6.61 Å². The molecule has 0 fully saturated rings. The second-order valence-electron chi connectivity index (χ2n) is 5.89. The predicted molar refractivity (Wildman–Crippen MR) is 110 cm³/mol. The molecular weight excluding hydrogens is 462 g/mol. The fourth-order valence-corrected chi connectivity index (χ4v) is 3.22. The van der Waals surface area contributed by atoms with Crippen molar-refractivity contribution in [1.29, 1.82) is 0 Å². The molecule has 0 amide bonds. The first-order chi connectivity index (χ1) is 12.4. The summed E-state index contributed by atoms with van der Waals surface area (Å²) in [6.07, 6.45) is 0. The van der Waals surface area contributed by atoms with Crippen molar-refractivity contribution in [3.63, 3.8) is 0 Å². The van der Waals surface area contributed by atoms with Gasteiger partial charge in [0, 0.05) is 15.5 Å². The molecule has 2 aromatic rings. The van der Waals surface area contributed by atoms with Crippen molar-refractivity contribution in [2.45, 2.75) is 19.4 Å². The topological polar surface area (TPSA) is 49.8 Å². The van der Waals surface area contributed by atoms with Gasteiger partial charge in [0.2, 0.25) is 5.60 Å². The molecule has 2 rings (SSSR count). The van der Waals surface area contributed by atoms with Crippen LogP contribution < -0.4 is 0 Å². The first kappa shape index (κ1) is 21.1. The number of carbonyl (C=O) groups is 1. The van der Waals surface area contributed by atoms with Crippen LogP contribution in [0.2, 0.25) is 0 Å². The highest BCUT2D eigenvalue weighted by Crippen LogP contribution is 2.32. The maximum Gasteiger partial charge on any atom is 0.347 e. The lowest BCUT2D eigenvalue weighted by Gasteiger charge is -2.28. The summed E-state index contributed by atoms with van der Waals surface area (Å²) in [5.74, 6) is -0.672. The highest BCUT2D eigenvalue weighted by molar-refractivity contribution is 9.10. The van der Waals surface area contributed by atoms with Gasteiger partial charge in [-0.1, -0.05) is 70.0 Å².